The van der Waals surface area contributed by atoms with E-state index in [2.05, 4.69) is 38.1 Å². The normalized spacial score (nSPS) is 28.4. The molecule has 1 atom stereocenters. The number of hydrogen-bond acceptors (Lipinski definition) is 1. The lowest BCUT2D eigenvalue weighted by Gasteiger charge is -2.34. The molecule has 2 N–H and O–H groups in total. The highest BCUT2D eigenvalue weighted by Gasteiger charge is 2.28. The fourth-order valence-electron chi connectivity index (χ4n) is 4.20. The Bertz CT molecular complexity index is 453. The Morgan fingerprint density at radius 3 is 2.19 bits per heavy atom. The van der Waals surface area contributed by atoms with Gasteiger partial charge < -0.3 is 5.73 Å². The molecule has 1 unspecified atom stereocenters. The van der Waals surface area contributed by atoms with E-state index >= 15 is 0 Å². The van der Waals surface area contributed by atoms with Crippen molar-refractivity contribution in [2.24, 2.45) is 23.5 Å². The van der Waals surface area contributed by atoms with Crippen LogP contribution in [0.15, 0.2) is 24.3 Å². The van der Waals surface area contributed by atoms with Crippen LogP contribution in [0.2, 0.25) is 0 Å². The Labute approximate surface area is 130 Å². The third-order valence-electron chi connectivity index (χ3n) is 6.14. The minimum absolute atomic E-state index is 0.248. The fourth-order valence-corrected chi connectivity index (χ4v) is 4.20. The Balaban J connectivity index is 1.64. The highest BCUT2D eigenvalue weighted by molar-refractivity contribution is 5.30. The molecule has 1 aromatic rings. The summed E-state index contributed by atoms with van der Waals surface area (Å²) in [7, 11) is 0. The summed E-state index contributed by atoms with van der Waals surface area (Å²) in [5.41, 5.74) is 9.53. The Morgan fingerprint density at radius 1 is 0.952 bits per heavy atom. The molecule has 0 aliphatic heterocycles. The molecule has 2 fully saturated rings. The van der Waals surface area contributed by atoms with Crippen molar-refractivity contribution in [3.8, 4) is 0 Å². The zero-order chi connectivity index (χ0) is 14.8. The second-order valence-electron chi connectivity index (χ2n) is 7.74. The highest BCUT2D eigenvalue weighted by Crippen LogP contribution is 2.40. The molecule has 1 aromatic carbocycles. The van der Waals surface area contributed by atoms with Gasteiger partial charge in [-0.15, -0.1) is 0 Å². The van der Waals surface area contributed by atoms with Gasteiger partial charge in [0.25, 0.3) is 0 Å². The first-order chi connectivity index (χ1) is 10.1. The van der Waals surface area contributed by atoms with Crippen molar-refractivity contribution in [3.05, 3.63) is 35.4 Å². The fraction of sp³-hybridized carbons (Fsp3) is 0.700. The van der Waals surface area contributed by atoms with E-state index in [1.165, 1.54) is 56.1 Å². The van der Waals surface area contributed by atoms with Gasteiger partial charge in [0.2, 0.25) is 0 Å². The number of rotatable bonds is 4. The second kappa shape index (κ2) is 6.52. The highest BCUT2D eigenvalue weighted by atomic mass is 14.7. The van der Waals surface area contributed by atoms with Crippen molar-refractivity contribution in [1.29, 1.82) is 0 Å². The Kier molecular flexibility index (Phi) is 4.69. The maximum absolute atomic E-state index is 6.62. The number of benzene rings is 1. The second-order valence-corrected chi connectivity index (χ2v) is 7.74. The van der Waals surface area contributed by atoms with Crippen LogP contribution >= 0.6 is 0 Å². The van der Waals surface area contributed by atoms with Gasteiger partial charge in [-0.2, -0.15) is 0 Å². The molecule has 2 saturated carbocycles. The van der Waals surface area contributed by atoms with E-state index in [-0.39, 0.29) is 6.04 Å². The summed E-state index contributed by atoms with van der Waals surface area (Å²) in [6.07, 6.45) is 9.53. The standard InChI is InChI=1S/C20H31N/c1-14(2)15-9-11-17(12-10-15)20(21)19-8-4-7-18(13-19)16-5-3-6-16/h4,7-8,13-17,20H,3,5-6,9-12,21H2,1-2H3. The van der Waals surface area contributed by atoms with E-state index in [4.69, 9.17) is 5.73 Å². The predicted molar refractivity (Wildman–Crippen MR) is 90.2 cm³/mol. The van der Waals surface area contributed by atoms with Crippen LogP contribution in [0, 0.1) is 17.8 Å². The summed E-state index contributed by atoms with van der Waals surface area (Å²) < 4.78 is 0. The van der Waals surface area contributed by atoms with Gasteiger partial charge in [0, 0.05) is 6.04 Å². The lowest BCUT2D eigenvalue weighted by molar-refractivity contribution is 0.203. The molecule has 0 bridgehead atoms. The van der Waals surface area contributed by atoms with Crippen molar-refractivity contribution in [2.45, 2.75) is 70.8 Å². The smallest absolute Gasteiger partial charge is 0.0323 e. The summed E-state index contributed by atoms with van der Waals surface area (Å²) in [6.45, 7) is 4.74. The molecule has 1 heteroatoms. The molecular weight excluding hydrogens is 254 g/mol. The number of hydrogen-bond donors (Lipinski definition) is 1. The minimum atomic E-state index is 0.248. The van der Waals surface area contributed by atoms with Gasteiger partial charge in [-0.05, 0) is 73.3 Å². The van der Waals surface area contributed by atoms with E-state index in [9.17, 15) is 0 Å². The summed E-state index contributed by atoms with van der Waals surface area (Å²) in [5.74, 6) is 3.27. The molecule has 21 heavy (non-hydrogen) atoms. The third-order valence-corrected chi connectivity index (χ3v) is 6.14. The van der Waals surface area contributed by atoms with Gasteiger partial charge in [-0.25, -0.2) is 0 Å². The molecule has 0 radical (unpaired) electrons. The maximum atomic E-state index is 6.62. The largest absolute Gasteiger partial charge is 0.324 e. The number of nitrogens with two attached hydrogens (primary N) is 1. The molecule has 2 aliphatic carbocycles. The van der Waals surface area contributed by atoms with Crippen LogP contribution in [-0.2, 0) is 0 Å². The van der Waals surface area contributed by atoms with Crippen molar-refractivity contribution in [3.63, 3.8) is 0 Å². The Hall–Kier alpha value is -0.820. The minimum Gasteiger partial charge on any atom is -0.324 e. The quantitative estimate of drug-likeness (QED) is 0.785. The van der Waals surface area contributed by atoms with E-state index < -0.39 is 0 Å². The topological polar surface area (TPSA) is 26.0 Å². The molecular formula is C20H31N. The van der Waals surface area contributed by atoms with Crippen LogP contribution in [0.25, 0.3) is 0 Å². The predicted octanol–water partition coefficient (Wildman–Crippen LogP) is 5.42. The van der Waals surface area contributed by atoms with Crippen LogP contribution < -0.4 is 5.73 Å². The average Bonchev–Trinajstić information content (AvgIpc) is 2.45. The summed E-state index contributed by atoms with van der Waals surface area (Å²) in [6, 6.07) is 9.43. The third kappa shape index (κ3) is 3.34. The zero-order valence-corrected chi connectivity index (χ0v) is 13.7. The maximum Gasteiger partial charge on any atom is 0.0323 e. The average molecular weight is 285 g/mol. The first-order valence-electron chi connectivity index (χ1n) is 9.00. The molecule has 116 valence electrons. The summed E-state index contributed by atoms with van der Waals surface area (Å²) in [5, 5.41) is 0. The van der Waals surface area contributed by atoms with Gasteiger partial charge in [0.05, 0.1) is 0 Å². The van der Waals surface area contributed by atoms with Crippen molar-refractivity contribution in [2.75, 3.05) is 0 Å². The molecule has 1 nitrogen and oxygen atoms in total. The molecule has 3 rings (SSSR count). The van der Waals surface area contributed by atoms with Gasteiger partial charge in [0.15, 0.2) is 0 Å². The van der Waals surface area contributed by atoms with Crippen molar-refractivity contribution in [1.82, 2.24) is 0 Å². The molecule has 2 aliphatic rings. The van der Waals surface area contributed by atoms with Gasteiger partial charge in [0.1, 0.15) is 0 Å². The van der Waals surface area contributed by atoms with Crippen molar-refractivity contribution < 1.29 is 0 Å². The lowest BCUT2D eigenvalue weighted by Crippen LogP contribution is -2.27. The molecule has 0 saturated heterocycles. The van der Waals surface area contributed by atoms with Crippen LogP contribution in [0.3, 0.4) is 0 Å². The van der Waals surface area contributed by atoms with Gasteiger partial charge in [-0.3, -0.25) is 0 Å². The van der Waals surface area contributed by atoms with Crippen LogP contribution in [0.1, 0.15) is 81.9 Å². The summed E-state index contributed by atoms with van der Waals surface area (Å²) in [4.78, 5) is 0. The molecule has 0 amide bonds. The SMILES string of the molecule is CC(C)C1CCC(C(N)c2cccc(C3CCC3)c2)CC1. The van der Waals surface area contributed by atoms with E-state index in [0.29, 0.717) is 5.92 Å². The van der Waals surface area contributed by atoms with Gasteiger partial charge >= 0.3 is 0 Å². The molecule has 0 aromatic heterocycles. The summed E-state index contributed by atoms with van der Waals surface area (Å²) >= 11 is 0. The van der Waals surface area contributed by atoms with Crippen LogP contribution in [0.5, 0.6) is 0 Å². The Morgan fingerprint density at radius 2 is 1.62 bits per heavy atom. The monoisotopic (exact) mass is 285 g/mol. The van der Waals surface area contributed by atoms with E-state index in [0.717, 1.165) is 17.8 Å². The first kappa shape index (κ1) is 15.1. The van der Waals surface area contributed by atoms with Crippen LogP contribution in [-0.4, -0.2) is 0 Å². The van der Waals surface area contributed by atoms with Crippen LogP contribution in [0.4, 0.5) is 0 Å². The first-order valence-corrected chi connectivity index (χ1v) is 9.00. The molecule has 0 heterocycles. The van der Waals surface area contributed by atoms with E-state index in [1.54, 1.807) is 0 Å². The lowest BCUT2D eigenvalue weighted by atomic mass is 9.73. The van der Waals surface area contributed by atoms with Crippen molar-refractivity contribution >= 4 is 0 Å². The molecule has 0 spiro atoms. The van der Waals surface area contributed by atoms with E-state index in [1.807, 2.05) is 0 Å². The zero-order valence-electron chi connectivity index (χ0n) is 13.7. The van der Waals surface area contributed by atoms with Gasteiger partial charge in [-0.1, -0.05) is 44.5 Å².